The number of hydrogen-bond acceptors (Lipinski definition) is 4. The van der Waals surface area contributed by atoms with Gasteiger partial charge >= 0.3 is 0 Å². The second-order valence-electron chi connectivity index (χ2n) is 3.87. The van der Waals surface area contributed by atoms with Crippen LogP contribution >= 0.6 is 0 Å². The molecule has 0 heterocycles. The standard InChI is InChI=1S/C9H20N2O3S/c1-7(2)10-5-6-11-9(12)8(3)15(4,13)14/h7-8,10H,5-6H2,1-4H3,(H,11,12). The first-order valence-corrected chi connectivity index (χ1v) is 6.90. The summed E-state index contributed by atoms with van der Waals surface area (Å²) in [7, 11) is -3.29. The van der Waals surface area contributed by atoms with Gasteiger partial charge in [-0.25, -0.2) is 8.42 Å². The average Bonchev–Trinajstić information content (AvgIpc) is 2.09. The van der Waals surface area contributed by atoms with Crippen LogP contribution in [0.4, 0.5) is 0 Å². The Morgan fingerprint density at radius 1 is 1.20 bits per heavy atom. The Morgan fingerprint density at radius 2 is 1.73 bits per heavy atom. The quantitative estimate of drug-likeness (QED) is 0.612. The number of carbonyl (C=O) groups excluding carboxylic acids is 1. The van der Waals surface area contributed by atoms with Gasteiger partial charge in [-0.2, -0.15) is 0 Å². The van der Waals surface area contributed by atoms with Crippen LogP contribution in [0.3, 0.4) is 0 Å². The highest BCUT2D eigenvalue weighted by atomic mass is 32.2. The van der Waals surface area contributed by atoms with Crippen LogP contribution < -0.4 is 10.6 Å². The van der Waals surface area contributed by atoms with Crippen molar-refractivity contribution in [2.45, 2.75) is 32.1 Å². The lowest BCUT2D eigenvalue weighted by molar-refractivity contribution is -0.120. The Hall–Kier alpha value is -0.620. The number of rotatable bonds is 6. The largest absolute Gasteiger partial charge is 0.354 e. The van der Waals surface area contributed by atoms with Gasteiger partial charge in [0.15, 0.2) is 9.84 Å². The number of sulfone groups is 1. The third-order valence-electron chi connectivity index (χ3n) is 1.99. The van der Waals surface area contributed by atoms with E-state index in [9.17, 15) is 13.2 Å². The summed E-state index contributed by atoms with van der Waals surface area (Å²) in [5.74, 6) is -0.442. The molecule has 90 valence electrons. The van der Waals surface area contributed by atoms with Gasteiger partial charge < -0.3 is 10.6 Å². The highest BCUT2D eigenvalue weighted by Crippen LogP contribution is 1.96. The second kappa shape index (κ2) is 6.07. The van der Waals surface area contributed by atoms with Crippen LogP contribution in [-0.2, 0) is 14.6 Å². The molecule has 0 saturated heterocycles. The first-order valence-electron chi connectivity index (χ1n) is 4.95. The maximum atomic E-state index is 11.3. The second-order valence-corrected chi connectivity index (χ2v) is 6.24. The lowest BCUT2D eigenvalue weighted by atomic mass is 10.4. The minimum atomic E-state index is -3.29. The van der Waals surface area contributed by atoms with Crippen LogP contribution in [0.25, 0.3) is 0 Å². The normalized spacial score (nSPS) is 13.9. The average molecular weight is 236 g/mol. The van der Waals surface area contributed by atoms with E-state index in [2.05, 4.69) is 10.6 Å². The Kier molecular flexibility index (Phi) is 5.82. The summed E-state index contributed by atoms with van der Waals surface area (Å²) in [4.78, 5) is 11.3. The zero-order valence-electron chi connectivity index (χ0n) is 9.70. The summed E-state index contributed by atoms with van der Waals surface area (Å²) in [6.45, 7) is 6.47. The Bertz CT molecular complexity index is 298. The molecule has 0 aromatic carbocycles. The lowest BCUT2D eigenvalue weighted by Crippen LogP contribution is -2.41. The number of carbonyl (C=O) groups is 1. The first-order chi connectivity index (χ1) is 6.75. The van der Waals surface area contributed by atoms with Crippen LogP contribution in [0.5, 0.6) is 0 Å². The maximum absolute atomic E-state index is 11.3. The number of nitrogens with one attached hydrogen (secondary N) is 2. The van der Waals surface area contributed by atoms with Crippen LogP contribution in [0.1, 0.15) is 20.8 Å². The summed E-state index contributed by atoms with van der Waals surface area (Å²) in [6, 6.07) is 0.356. The molecule has 0 bridgehead atoms. The van der Waals surface area contributed by atoms with Crippen molar-refractivity contribution < 1.29 is 13.2 Å². The molecule has 1 amide bonds. The van der Waals surface area contributed by atoms with Gasteiger partial charge in [-0.1, -0.05) is 13.8 Å². The molecule has 15 heavy (non-hydrogen) atoms. The third kappa shape index (κ3) is 6.46. The molecule has 0 rings (SSSR count). The topological polar surface area (TPSA) is 75.3 Å². The molecule has 6 heteroatoms. The summed E-state index contributed by atoms with van der Waals surface area (Å²) in [5.41, 5.74) is 0. The van der Waals surface area contributed by atoms with E-state index in [-0.39, 0.29) is 0 Å². The van der Waals surface area contributed by atoms with Gasteiger partial charge in [0.2, 0.25) is 5.91 Å². The first kappa shape index (κ1) is 14.4. The van der Waals surface area contributed by atoms with Gasteiger partial charge in [0.05, 0.1) is 0 Å². The molecule has 1 atom stereocenters. The van der Waals surface area contributed by atoms with Crippen LogP contribution in [0.15, 0.2) is 0 Å². The number of hydrogen-bond donors (Lipinski definition) is 2. The van der Waals surface area contributed by atoms with Crippen molar-refractivity contribution in [1.82, 2.24) is 10.6 Å². The van der Waals surface area contributed by atoms with E-state index in [1.807, 2.05) is 13.8 Å². The molecule has 1 unspecified atom stereocenters. The van der Waals surface area contributed by atoms with E-state index in [1.54, 1.807) is 0 Å². The van der Waals surface area contributed by atoms with Gasteiger partial charge in [0.25, 0.3) is 0 Å². The molecule has 0 aliphatic carbocycles. The van der Waals surface area contributed by atoms with E-state index in [1.165, 1.54) is 6.92 Å². The zero-order valence-corrected chi connectivity index (χ0v) is 10.5. The molecule has 0 fully saturated rings. The fourth-order valence-electron chi connectivity index (χ4n) is 0.885. The minimum Gasteiger partial charge on any atom is -0.354 e. The Labute approximate surface area is 91.5 Å². The summed E-state index contributed by atoms with van der Waals surface area (Å²) in [5, 5.41) is 4.70. The molecule has 5 nitrogen and oxygen atoms in total. The molecule has 0 aliphatic rings. The highest BCUT2D eigenvalue weighted by molar-refractivity contribution is 7.92. The van der Waals surface area contributed by atoms with Crippen molar-refractivity contribution in [1.29, 1.82) is 0 Å². The van der Waals surface area contributed by atoms with Gasteiger partial charge in [0, 0.05) is 25.4 Å². The van der Waals surface area contributed by atoms with Crippen molar-refractivity contribution in [3.63, 3.8) is 0 Å². The van der Waals surface area contributed by atoms with E-state index in [0.717, 1.165) is 6.26 Å². The smallest absolute Gasteiger partial charge is 0.238 e. The van der Waals surface area contributed by atoms with Crippen LogP contribution in [-0.4, -0.2) is 45.0 Å². The van der Waals surface area contributed by atoms with Gasteiger partial charge in [-0.05, 0) is 6.92 Å². The van der Waals surface area contributed by atoms with Gasteiger partial charge in [-0.3, -0.25) is 4.79 Å². The Morgan fingerprint density at radius 3 is 2.13 bits per heavy atom. The van der Waals surface area contributed by atoms with Gasteiger partial charge in [0.1, 0.15) is 5.25 Å². The van der Waals surface area contributed by atoms with E-state index in [0.29, 0.717) is 19.1 Å². The molecule has 0 spiro atoms. The van der Waals surface area contributed by atoms with Crippen LogP contribution in [0.2, 0.25) is 0 Å². The van der Waals surface area contributed by atoms with Crippen molar-refractivity contribution in [2.24, 2.45) is 0 Å². The molecule has 0 aliphatic heterocycles. The lowest BCUT2D eigenvalue weighted by Gasteiger charge is -2.12. The molecule has 0 radical (unpaired) electrons. The van der Waals surface area contributed by atoms with Crippen molar-refractivity contribution in [2.75, 3.05) is 19.3 Å². The molecule has 2 N–H and O–H groups in total. The van der Waals surface area contributed by atoms with Crippen molar-refractivity contribution >= 4 is 15.7 Å². The SMILES string of the molecule is CC(C)NCCNC(=O)C(C)S(C)(=O)=O. The van der Waals surface area contributed by atoms with E-state index >= 15 is 0 Å². The fourth-order valence-corrected chi connectivity index (χ4v) is 1.36. The summed E-state index contributed by atoms with van der Waals surface area (Å²) < 4.78 is 22.1. The summed E-state index contributed by atoms with van der Waals surface area (Å²) in [6.07, 6.45) is 1.06. The highest BCUT2D eigenvalue weighted by Gasteiger charge is 2.22. The minimum absolute atomic E-state index is 0.356. The molecule has 0 aromatic rings. The van der Waals surface area contributed by atoms with Crippen LogP contribution in [0, 0.1) is 0 Å². The molecular weight excluding hydrogens is 216 g/mol. The maximum Gasteiger partial charge on any atom is 0.238 e. The number of amides is 1. The Balaban J connectivity index is 3.86. The van der Waals surface area contributed by atoms with E-state index in [4.69, 9.17) is 0 Å². The monoisotopic (exact) mass is 236 g/mol. The third-order valence-corrected chi connectivity index (χ3v) is 3.49. The van der Waals surface area contributed by atoms with Crippen molar-refractivity contribution in [3.8, 4) is 0 Å². The fraction of sp³-hybridized carbons (Fsp3) is 0.889. The van der Waals surface area contributed by atoms with Crippen molar-refractivity contribution in [3.05, 3.63) is 0 Å². The predicted molar refractivity (Wildman–Crippen MR) is 60.5 cm³/mol. The van der Waals surface area contributed by atoms with Gasteiger partial charge in [-0.15, -0.1) is 0 Å². The summed E-state index contributed by atoms with van der Waals surface area (Å²) >= 11 is 0. The molecule has 0 aromatic heterocycles. The predicted octanol–water partition coefficient (Wildman–Crippen LogP) is -0.466. The zero-order chi connectivity index (χ0) is 12.1. The van der Waals surface area contributed by atoms with E-state index < -0.39 is 21.0 Å². The molecule has 0 saturated carbocycles. The molecular formula is C9H20N2O3S.